The van der Waals surface area contributed by atoms with Crippen molar-refractivity contribution < 1.29 is 26.2 Å². The predicted molar refractivity (Wildman–Crippen MR) is 103 cm³/mol. The molecular weight excluding hydrogens is 424 g/mol. The molecule has 0 atom stereocenters. The molecule has 28 heavy (non-hydrogen) atoms. The van der Waals surface area contributed by atoms with Gasteiger partial charge in [0.25, 0.3) is 11.7 Å². The van der Waals surface area contributed by atoms with Gasteiger partial charge in [-0.05, 0) is 48.9 Å². The number of rotatable bonds is 4. The van der Waals surface area contributed by atoms with Gasteiger partial charge in [-0.1, -0.05) is 23.2 Å². The first-order chi connectivity index (χ1) is 13.0. The van der Waals surface area contributed by atoms with Crippen molar-refractivity contribution in [2.75, 3.05) is 5.32 Å². The summed E-state index contributed by atoms with van der Waals surface area (Å²) in [6, 6.07) is 11.4. The number of halogens is 4. The third kappa shape index (κ3) is 4.17. The number of hydrogen-bond donors (Lipinski definition) is 1. The number of amides is 1. The van der Waals surface area contributed by atoms with Crippen LogP contribution >= 0.6 is 23.2 Å². The van der Waals surface area contributed by atoms with Crippen LogP contribution in [-0.2, 0) is 24.3 Å². The third-order valence-corrected chi connectivity index (χ3v) is 5.39. The minimum absolute atomic E-state index is 0. The lowest BCUT2D eigenvalue weighted by Gasteiger charge is -2.05. The highest BCUT2D eigenvalue weighted by Crippen LogP contribution is 2.26. The van der Waals surface area contributed by atoms with Crippen molar-refractivity contribution in [2.45, 2.75) is 25.9 Å². The molecule has 1 aliphatic heterocycles. The molecule has 0 saturated carbocycles. The summed E-state index contributed by atoms with van der Waals surface area (Å²) in [6.07, 6.45) is 3.89. The minimum Gasteiger partial charge on any atom is -1.00 e. The highest BCUT2D eigenvalue weighted by molar-refractivity contribution is 6.42. The highest BCUT2D eigenvalue weighted by Gasteiger charge is 2.29. The highest BCUT2D eigenvalue weighted by atomic mass is 35.5. The number of benzene rings is 2. The molecule has 4 nitrogen and oxygen atoms in total. The zero-order valence-electron chi connectivity index (χ0n) is 14.8. The van der Waals surface area contributed by atoms with Crippen molar-refractivity contribution in [3.63, 3.8) is 0 Å². The monoisotopic (exact) mass is 439 g/mol. The fourth-order valence-corrected chi connectivity index (χ4v) is 3.72. The molecule has 1 N–H and O–H groups in total. The van der Waals surface area contributed by atoms with Gasteiger partial charge in [0, 0.05) is 11.3 Å². The molecule has 3 aromatic rings. The summed E-state index contributed by atoms with van der Waals surface area (Å²) in [5.74, 6) is 0.684. The quantitative estimate of drug-likeness (QED) is 0.613. The number of nitrogens with one attached hydrogen (secondary N) is 1. The van der Waals surface area contributed by atoms with E-state index in [-0.39, 0.29) is 30.7 Å². The molecule has 4 rings (SSSR count). The van der Waals surface area contributed by atoms with E-state index in [1.807, 2.05) is 10.8 Å². The molecule has 1 aromatic heterocycles. The average molecular weight is 441 g/mol. The van der Waals surface area contributed by atoms with Crippen LogP contribution in [0.4, 0.5) is 10.1 Å². The van der Waals surface area contributed by atoms with Crippen molar-refractivity contribution >= 4 is 34.8 Å². The fraction of sp³-hybridized carbons (Fsp3) is 0.200. The zero-order valence-corrected chi connectivity index (χ0v) is 17.0. The van der Waals surface area contributed by atoms with E-state index in [9.17, 15) is 9.18 Å². The first-order valence-electron chi connectivity index (χ1n) is 8.64. The van der Waals surface area contributed by atoms with Gasteiger partial charge in [0.15, 0.2) is 12.2 Å². The Kier molecular flexibility index (Phi) is 6.28. The lowest BCUT2D eigenvalue weighted by atomic mass is 10.1. The van der Waals surface area contributed by atoms with Crippen molar-refractivity contribution in [1.82, 2.24) is 4.57 Å². The fourth-order valence-electron chi connectivity index (χ4n) is 3.43. The Morgan fingerprint density at radius 2 is 1.89 bits per heavy atom. The summed E-state index contributed by atoms with van der Waals surface area (Å²) in [5.41, 5.74) is 2.53. The maximum Gasteiger partial charge on any atom is 0.266 e. The number of carbonyl (C=O) groups is 1. The zero-order chi connectivity index (χ0) is 19.0. The van der Waals surface area contributed by atoms with Gasteiger partial charge < -0.3 is 17.7 Å². The van der Waals surface area contributed by atoms with Crippen LogP contribution in [0.1, 0.15) is 12.2 Å². The second-order valence-electron chi connectivity index (χ2n) is 6.50. The molecule has 8 heteroatoms. The van der Waals surface area contributed by atoms with Crippen LogP contribution in [0.5, 0.6) is 0 Å². The van der Waals surface area contributed by atoms with E-state index in [4.69, 9.17) is 23.2 Å². The summed E-state index contributed by atoms with van der Waals surface area (Å²) in [7, 11) is 0. The summed E-state index contributed by atoms with van der Waals surface area (Å²) >= 11 is 11.9. The van der Waals surface area contributed by atoms with Crippen LogP contribution in [0, 0.1) is 5.82 Å². The molecule has 2 aromatic carbocycles. The molecule has 0 aliphatic carbocycles. The van der Waals surface area contributed by atoms with Crippen molar-refractivity contribution in [1.29, 1.82) is 0 Å². The van der Waals surface area contributed by atoms with E-state index in [0.717, 1.165) is 36.5 Å². The Balaban J connectivity index is 0.00000225. The molecular formula is C20H17Cl3FN3O. The lowest BCUT2D eigenvalue weighted by molar-refractivity contribution is -0.690. The Hall–Kier alpha value is -2.08. The molecule has 0 unspecified atom stereocenters. The van der Waals surface area contributed by atoms with Crippen molar-refractivity contribution in [2.24, 2.45) is 0 Å². The number of imidazole rings is 1. The molecule has 0 fully saturated rings. The van der Waals surface area contributed by atoms with E-state index >= 15 is 0 Å². The Bertz CT molecular complexity index is 1020. The van der Waals surface area contributed by atoms with Gasteiger partial charge in [0.05, 0.1) is 23.0 Å². The second kappa shape index (κ2) is 8.52. The number of nitrogens with zero attached hydrogens (tertiary/aromatic N) is 2. The van der Waals surface area contributed by atoms with E-state index < -0.39 is 0 Å². The van der Waals surface area contributed by atoms with Crippen LogP contribution in [0.15, 0.2) is 48.7 Å². The smallest absolute Gasteiger partial charge is 0.266 e. The first-order valence-corrected chi connectivity index (χ1v) is 9.39. The summed E-state index contributed by atoms with van der Waals surface area (Å²) in [6.45, 7) is 1.08. The first kappa shape index (κ1) is 20.6. The molecule has 1 aliphatic rings. The van der Waals surface area contributed by atoms with E-state index in [1.165, 1.54) is 12.1 Å². The van der Waals surface area contributed by atoms with E-state index in [2.05, 4.69) is 9.88 Å². The molecule has 0 saturated heterocycles. The van der Waals surface area contributed by atoms with Gasteiger partial charge >= 0.3 is 0 Å². The van der Waals surface area contributed by atoms with Crippen LogP contribution < -0.4 is 22.3 Å². The van der Waals surface area contributed by atoms with Crippen LogP contribution in [0.2, 0.25) is 10.0 Å². The predicted octanol–water partition coefficient (Wildman–Crippen LogP) is 1.48. The van der Waals surface area contributed by atoms with E-state index in [0.29, 0.717) is 15.7 Å². The third-order valence-electron chi connectivity index (χ3n) is 4.65. The maximum absolute atomic E-state index is 13.2. The van der Waals surface area contributed by atoms with Gasteiger partial charge in [0.2, 0.25) is 0 Å². The summed E-state index contributed by atoms with van der Waals surface area (Å²) in [4.78, 5) is 12.5. The second-order valence-corrected chi connectivity index (χ2v) is 7.31. The Labute approximate surface area is 178 Å². The number of aromatic nitrogens is 2. The number of anilines is 1. The van der Waals surface area contributed by atoms with Crippen molar-refractivity contribution in [3.8, 4) is 11.3 Å². The topological polar surface area (TPSA) is 37.9 Å². The Morgan fingerprint density at radius 3 is 2.61 bits per heavy atom. The van der Waals surface area contributed by atoms with Crippen LogP contribution in [-0.4, -0.2) is 10.5 Å². The van der Waals surface area contributed by atoms with Crippen LogP contribution in [0.3, 0.4) is 0 Å². The Morgan fingerprint density at radius 1 is 1.14 bits per heavy atom. The number of carbonyl (C=O) groups excluding carboxylic acids is 1. The number of hydrogen-bond acceptors (Lipinski definition) is 1. The van der Waals surface area contributed by atoms with Gasteiger partial charge in [-0.25, -0.2) is 13.5 Å². The molecule has 146 valence electrons. The van der Waals surface area contributed by atoms with Gasteiger partial charge in [0.1, 0.15) is 12.0 Å². The SMILES string of the molecule is O=C(C[n+]1cc(-c2ccc(F)cc2)n2c1CCC2)Nc1ccc(Cl)c(Cl)c1.[Cl-]. The molecule has 0 bridgehead atoms. The van der Waals surface area contributed by atoms with Gasteiger partial charge in [-0.15, -0.1) is 0 Å². The molecule has 0 spiro atoms. The van der Waals surface area contributed by atoms with Crippen LogP contribution in [0.25, 0.3) is 11.3 Å². The van der Waals surface area contributed by atoms with Crippen molar-refractivity contribution in [3.05, 3.63) is 70.3 Å². The number of fused-ring (bicyclic) bond motifs is 1. The lowest BCUT2D eigenvalue weighted by Crippen LogP contribution is -3.00. The molecule has 1 amide bonds. The van der Waals surface area contributed by atoms with Gasteiger partial charge in [-0.2, -0.15) is 0 Å². The maximum atomic E-state index is 13.2. The molecule has 2 heterocycles. The molecule has 0 radical (unpaired) electrons. The standard InChI is InChI=1S/C20H16Cl2FN3O.ClH/c21-16-8-7-15(10-17(16)22)24-19(27)12-25-11-18(26-9-1-2-20(25)26)13-3-5-14(23)6-4-13;/h3-8,10-11H,1-2,9,12H2;1H. The summed E-state index contributed by atoms with van der Waals surface area (Å²) < 4.78 is 17.4. The largest absolute Gasteiger partial charge is 1.00 e. The average Bonchev–Trinajstić information content (AvgIpc) is 3.23. The van der Waals surface area contributed by atoms with E-state index in [1.54, 1.807) is 30.3 Å². The van der Waals surface area contributed by atoms with Gasteiger partial charge in [-0.3, -0.25) is 4.79 Å². The summed E-state index contributed by atoms with van der Waals surface area (Å²) in [5, 5.41) is 3.68. The normalized spacial score (nSPS) is 12.4. The minimum atomic E-state index is -0.263.